The van der Waals surface area contributed by atoms with Crippen molar-refractivity contribution in [3.63, 3.8) is 0 Å². The second-order valence-electron chi connectivity index (χ2n) is 7.11. The van der Waals surface area contributed by atoms with Crippen molar-refractivity contribution in [3.8, 4) is 0 Å². The standard InChI is InChI=1S/C17H36N2O/c1-6-14(5)19-11-15(9-17(20)7-2)8-16(12-19)18-10-13(3)4/h13-18,20H,6-12H2,1-5H3. The molecular formula is C17H36N2O. The Morgan fingerprint density at radius 2 is 1.85 bits per heavy atom. The Kier molecular flexibility index (Phi) is 8.08. The zero-order valence-corrected chi connectivity index (χ0v) is 14.2. The van der Waals surface area contributed by atoms with Gasteiger partial charge in [-0.05, 0) is 51.0 Å². The normalized spacial score (nSPS) is 27.8. The molecule has 4 atom stereocenters. The molecule has 2 N–H and O–H groups in total. The Morgan fingerprint density at radius 3 is 2.40 bits per heavy atom. The molecule has 1 saturated heterocycles. The fourth-order valence-electron chi connectivity index (χ4n) is 3.13. The van der Waals surface area contributed by atoms with Crippen molar-refractivity contribution in [2.24, 2.45) is 11.8 Å². The summed E-state index contributed by atoms with van der Waals surface area (Å²) in [7, 11) is 0. The number of aliphatic hydroxyl groups is 1. The SMILES string of the molecule is CCC(O)CC1CC(NCC(C)C)CN(C(C)CC)C1. The fraction of sp³-hybridized carbons (Fsp3) is 1.00. The number of nitrogens with one attached hydrogen (secondary N) is 1. The average Bonchev–Trinajstić information content (AvgIpc) is 2.43. The molecule has 0 radical (unpaired) electrons. The quantitative estimate of drug-likeness (QED) is 0.719. The lowest BCUT2D eigenvalue weighted by Gasteiger charge is -2.42. The third kappa shape index (κ3) is 6.11. The first-order valence-electron chi connectivity index (χ1n) is 8.61. The maximum atomic E-state index is 9.96. The largest absolute Gasteiger partial charge is 0.393 e. The Morgan fingerprint density at radius 1 is 1.15 bits per heavy atom. The van der Waals surface area contributed by atoms with Crippen LogP contribution in [0.5, 0.6) is 0 Å². The highest BCUT2D eigenvalue weighted by atomic mass is 16.3. The molecule has 0 aliphatic carbocycles. The van der Waals surface area contributed by atoms with Crippen LogP contribution in [-0.2, 0) is 0 Å². The summed E-state index contributed by atoms with van der Waals surface area (Å²) in [6, 6.07) is 1.24. The highest BCUT2D eigenvalue weighted by Gasteiger charge is 2.29. The summed E-state index contributed by atoms with van der Waals surface area (Å²) >= 11 is 0. The van der Waals surface area contributed by atoms with Crippen molar-refractivity contribution >= 4 is 0 Å². The average molecular weight is 284 g/mol. The zero-order valence-electron chi connectivity index (χ0n) is 14.2. The molecule has 1 aliphatic rings. The molecular weight excluding hydrogens is 248 g/mol. The maximum Gasteiger partial charge on any atom is 0.0540 e. The molecule has 1 aliphatic heterocycles. The molecule has 0 aromatic rings. The number of hydrogen-bond acceptors (Lipinski definition) is 3. The predicted molar refractivity (Wildman–Crippen MR) is 87.0 cm³/mol. The summed E-state index contributed by atoms with van der Waals surface area (Å²) in [5, 5.41) is 13.7. The van der Waals surface area contributed by atoms with Crippen LogP contribution in [-0.4, -0.2) is 47.8 Å². The third-order valence-electron chi connectivity index (χ3n) is 4.67. The van der Waals surface area contributed by atoms with Gasteiger partial charge in [0.05, 0.1) is 6.10 Å². The molecule has 0 amide bonds. The van der Waals surface area contributed by atoms with E-state index >= 15 is 0 Å². The topological polar surface area (TPSA) is 35.5 Å². The lowest BCUT2D eigenvalue weighted by molar-refractivity contribution is 0.0640. The van der Waals surface area contributed by atoms with E-state index in [9.17, 15) is 5.11 Å². The number of nitrogens with zero attached hydrogens (tertiary/aromatic N) is 1. The molecule has 1 rings (SSSR count). The van der Waals surface area contributed by atoms with Crippen LogP contribution in [0.2, 0.25) is 0 Å². The van der Waals surface area contributed by atoms with Gasteiger partial charge in [0, 0.05) is 25.2 Å². The van der Waals surface area contributed by atoms with Crippen LogP contribution in [0.15, 0.2) is 0 Å². The van der Waals surface area contributed by atoms with Gasteiger partial charge in [0.2, 0.25) is 0 Å². The van der Waals surface area contributed by atoms with Gasteiger partial charge in [-0.1, -0.05) is 27.7 Å². The van der Waals surface area contributed by atoms with Crippen LogP contribution >= 0.6 is 0 Å². The molecule has 120 valence electrons. The molecule has 0 aromatic heterocycles. The van der Waals surface area contributed by atoms with Crippen LogP contribution < -0.4 is 5.32 Å². The molecule has 20 heavy (non-hydrogen) atoms. The molecule has 1 fully saturated rings. The van der Waals surface area contributed by atoms with Crippen molar-refractivity contribution < 1.29 is 5.11 Å². The van der Waals surface area contributed by atoms with Crippen molar-refractivity contribution in [1.82, 2.24) is 10.2 Å². The molecule has 0 bridgehead atoms. The summed E-state index contributed by atoms with van der Waals surface area (Å²) in [4.78, 5) is 2.62. The minimum atomic E-state index is -0.123. The van der Waals surface area contributed by atoms with E-state index in [2.05, 4.69) is 44.8 Å². The lowest BCUT2D eigenvalue weighted by atomic mass is 9.88. The monoisotopic (exact) mass is 284 g/mol. The molecule has 0 saturated carbocycles. The van der Waals surface area contributed by atoms with Gasteiger partial charge in [0.1, 0.15) is 0 Å². The van der Waals surface area contributed by atoms with Gasteiger partial charge in [-0.2, -0.15) is 0 Å². The second-order valence-corrected chi connectivity index (χ2v) is 7.11. The predicted octanol–water partition coefficient (Wildman–Crippen LogP) is 2.88. The van der Waals surface area contributed by atoms with E-state index in [1.165, 1.54) is 19.4 Å². The van der Waals surface area contributed by atoms with Gasteiger partial charge in [0.15, 0.2) is 0 Å². The zero-order chi connectivity index (χ0) is 15.1. The summed E-state index contributed by atoms with van der Waals surface area (Å²) in [6.07, 6.45) is 4.15. The fourth-order valence-corrected chi connectivity index (χ4v) is 3.13. The van der Waals surface area contributed by atoms with Crippen LogP contribution in [0.25, 0.3) is 0 Å². The number of aliphatic hydroxyl groups excluding tert-OH is 1. The Balaban J connectivity index is 2.57. The van der Waals surface area contributed by atoms with Gasteiger partial charge < -0.3 is 10.4 Å². The van der Waals surface area contributed by atoms with E-state index in [0.29, 0.717) is 23.9 Å². The molecule has 0 aromatic carbocycles. The number of likely N-dealkylation sites (tertiary alicyclic amines) is 1. The first-order valence-corrected chi connectivity index (χ1v) is 8.61. The summed E-state index contributed by atoms with van der Waals surface area (Å²) in [5.74, 6) is 1.34. The van der Waals surface area contributed by atoms with Gasteiger partial charge in [-0.15, -0.1) is 0 Å². The number of rotatable bonds is 8. The van der Waals surface area contributed by atoms with Gasteiger partial charge in [-0.25, -0.2) is 0 Å². The highest BCUT2D eigenvalue weighted by molar-refractivity contribution is 4.86. The van der Waals surface area contributed by atoms with Crippen LogP contribution in [0.4, 0.5) is 0 Å². The molecule has 3 heteroatoms. The Labute approximate surface area is 126 Å². The van der Waals surface area contributed by atoms with Gasteiger partial charge in [-0.3, -0.25) is 4.90 Å². The van der Waals surface area contributed by atoms with Crippen molar-refractivity contribution in [2.45, 2.75) is 78.5 Å². The van der Waals surface area contributed by atoms with E-state index in [1.807, 2.05) is 0 Å². The number of piperidine rings is 1. The summed E-state index contributed by atoms with van der Waals surface area (Å²) < 4.78 is 0. The van der Waals surface area contributed by atoms with Crippen molar-refractivity contribution in [1.29, 1.82) is 0 Å². The molecule has 0 spiro atoms. The smallest absolute Gasteiger partial charge is 0.0540 e. The Hall–Kier alpha value is -0.120. The molecule has 4 unspecified atom stereocenters. The maximum absolute atomic E-state index is 9.96. The Bertz CT molecular complexity index is 257. The first kappa shape index (κ1) is 17.9. The van der Waals surface area contributed by atoms with E-state index in [4.69, 9.17) is 0 Å². The summed E-state index contributed by atoms with van der Waals surface area (Å²) in [5.41, 5.74) is 0. The van der Waals surface area contributed by atoms with E-state index in [1.54, 1.807) is 0 Å². The van der Waals surface area contributed by atoms with Crippen LogP contribution in [0.1, 0.15) is 60.3 Å². The first-order chi connectivity index (χ1) is 9.46. The van der Waals surface area contributed by atoms with Crippen LogP contribution in [0, 0.1) is 11.8 Å². The number of hydrogen-bond donors (Lipinski definition) is 2. The van der Waals surface area contributed by atoms with Crippen molar-refractivity contribution in [3.05, 3.63) is 0 Å². The van der Waals surface area contributed by atoms with E-state index in [0.717, 1.165) is 25.9 Å². The van der Waals surface area contributed by atoms with Crippen LogP contribution in [0.3, 0.4) is 0 Å². The summed E-state index contributed by atoms with van der Waals surface area (Å²) in [6.45, 7) is 14.6. The molecule has 3 nitrogen and oxygen atoms in total. The van der Waals surface area contributed by atoms with E-state index in [-0.39, 0.29) is 6.10 Å². The minimum absolute atomic E-state index is 0.123. The minimum Gasteiger partial charge on any atom is -0.393 e. The molecule has 1 heterocycles. The van der Waals surface area contributed by atoms with E-state index < -0.39 is 0 Å². The highest BCUT2D eigenvalue weighted by Crippen LogP contribution is 2.24. The second kappa shape index (κ2) is 9.01. The van der Waals surface area contributed by atoms with Crippen molar-refractivity contribution in [2.75, 3.05) is 19.6 Å². The lowest BCUT2D eigenvalue weighted by Crippen LogP contribution is -2.52. The van der Waals surface area contributed by atoms with Gasteiger partial charge >= 0.3 is 0 Å². The third-order valence-corrected chi connectivity index (χ3v) is 4.67. The van der Waals surface area contributed by atoms with Gasteiger partial charge in [0.25, 0.3) is 0 Å².